The van der Waals surface area contributed by atoms with Crippen molar-refractivity contribution in [2.75, 3.05) is 18.0 Å². The molecule has 6 rings (SSSR count). The Kier molecular flexibility index (Phi) is 8.14. The summed E-state index contributed by atoms with van der Waals surface area (Å²) in [6.07, 6.45) is 2.09. The molecule has 0 radical (unpaired) electrons. The van der Waals surface area contributed by atoms with Crippen LogP contribution in [0, 0.1) is 12.7 Å². The highest BCUT2D eigenvalue weighted by molar-refractivity contribution is 5.95. The fourth-order valence-electron chi connectivity index (χ4n) is 5.07. The van der Waals surface area contributed by atoms with Crippen LogP contribution in [0.3, 0.4) is 0 Å². The number of amides is 2. The second-order valence-corrected chi connectivity index (χ2v) is 9.80. The molecule has 1 atom stereocenters. The summed E-state index contributed by atoms with van der Waals surface area (Å²) in [5.74, 6) is -0.522. The highest BCUT2D eigenvalue weighted by Gasteiger charge is 2.29. The van der Waals surface area contributed by atoms with Gasteiger partial charge in [0.25, 0.3) is 17.4 Å². The van der Waals surface area contributed by atoms with Crippen molar-refractivity contribution in [3.63, 3.8) is 0 Å². The Morgan fingerprint density at radius 3 is 2.36 bits per heavy atom. The Morgan fingerprint density at radius 2 is 1.74 bits per heavy atom. The molecular formula is C30H31FN8O3. The molecule has 0 aliphatic carbocycles. The van der Waals surface area contributed by atoms with E-state index in [4.69, 9.17) is 5.73 Å². The van der Waals surface area contributed by atoms with E-state index in [1.807, 2.05) is 52.9 Å². The SMILES string of the molecule is CCn1c(C)c(C(=O)N[C@H]2CCN(c3ccc4ncc(C(N)=O)n4n3)C2)c(=O)n1-c1ccccc1.Fc1ccccc1. The number of anilines is 1. The van der Waals surface area contributed by atoms with Crippen LogP contribution in [0.1, 0.15) is 39.9 Å². The van der Waals surface area contributed by atoms with Gasteiger partial charge in [-0.1, -0.05) is 36.4 Å². The van der Waals surface area contributed by atoms with Crippen LogP contribution in [0.4, 0.5) is 10.2 Å². The molecule has 2 amide bonds. The zero-order valence-electron chi connectivity index (χ0n) is 23.3. The summed E-state index contributed by atoms with van der Waals surface area (Å²) >= 11 is 0. The van der Waals surface area contributed by atoms with E-state index in [0.29, 0.717) is 48.9 Å². The van der Waals surface area contributed by atoms with Crippen LogP contribution in [0.2, 0.25) is 0 Å². The van der Waals surface area contributed by atoms with Crippen LogP contribution in [-0.2, 0) is 6.54 Å². The predicted octanol–water partition coefficient (Wildman–Crippen LogP) is 2.94. The van der Waals surface area contributed by atoms with E-state index in [-0.39, 0.29) is 34.6 Å². The predicted molar refractivity (Wildman–Crippen MR) is 156 cm³/mol. The minimum absolute atomic E-state index is 0.151. The molecule has 42 heavy (non-hydrogen) atoms. The summed E-state index contributed by atoms with van der Waals surface area (Å²) in [4.78, 5) is 44.3. The molecule has 3 N–H and O–H groups in total. The largest absolute Gasteiger partial charge is 0.364 e. The van der Waals surface area contributed by atoms with E-state index < -0.39 is 5.91 Å². The van der Waals surface area contributed by atoms with Crippen molar-refractivity contribution < 1.29 is 14.0 Å². The number of rotatable bonds is 6. The molecule has 0 spiro atoms. The van der Waals surface area contributed by atoms with Gasteiger partial charge in [0.2, 0.25) is 0 Å². The Morgan fingerprint density at radius 1 is 1.05 bits per heavy atom. The lowest BCUT2D eigenvalue weighted by atomic mass is 10.2. The van der Waals surface area contributed by atoms with Gasteiger partial charge in [0.15, 0.2) is 5.65 Å². The van der Waals surface area contributed by atoms with E-state index in [1.165, 1.54) is 22.8 Å². The molecule has 1 aliphatic rings. The molecule has 0 saturated carbocycles. The van der Waals surface area contributed by atoms with Crippen LogP contribution in [-0.4, -0.2) is 54.9 Å². The number of nitrogens with two attached hydrogens (primary N) is 1. The second kappa shape index (κ2) is 12.1. The third kappa shape index (κ3) is 5.64. The number of carbonyl (C=O) groups excluding carboxylic acids is 2. The van der Waals surface area contributed by atoms with Gasteiger partial charge in [-0.15, -0.1) is 5.10 Å². The minimum Gasteiger partial charge on any atom is -0.364 e. The molecule has 12 heteroatoms. The zero-order chi connectivity index (χ0) is 29.8. The average Bonchev–Trinajstić information content (AvgIpc) is 3.69. The van der Waals surface area contributed by atoms with Crippen molar-refractivity contribution in [1.82, 2.24) is 29.3 Å². The summed E-state index contributed by atoms with van der Waals surface area (Å²) in [7, 11) is 0. The zero-order valence-corrected chi connectivity index (χ0v) is 23.3. The van der Waals surface area contributed by atoms with Gasteiger partial charge in [-0.2, -0.15) is 0 Å². The van der Waals surface area contributed by atoms with Gasteiger partial charge < -0.3 is 16.0 Å². The van der Waals surface area contributed by atoms with Crippen molar-refractivity contribution in [1.29, 1.82) is 0 Å². The maximum absolute atomic E-state index is 13.3. The highest BCUT2D eigenvalue weighted by atomic mass is 19.1. The first kappa shape index (κ1) is 28.3. The van der Waals surface area contributed by atoms with E-state index in [9.17, 15) is 18.8 Å². The fourth-order valence-corrected chi connectivity index (χ4v) is 5.07. The van der Waals surface area contributed by atoms with Crippen LogP contribution in [0.15, 0.2) is 83.8 Å². The number of primary amides is 1. The summed E-state index contributed by atoms with van der Waals surface area (Å²) in [5.41, 5.74) is 7.29. The quantitative estimate of drug-likeness (QED) is 0.323. The molecule has 11 nitrogen and oxygen atoms in total. The maximum atomic E-state index is 13.3. The first-order chi connectivity index (χ1) is 20.3. The van der Waals surface area contributed by atoms with Gasteiger partial charge in [-0.3, -0.25) is 19.1 Å². The fraction of sp³-hybridized carbons (Fsp3) is 0.233. The topological polar surface area (TPSA) is 133 Å². The first-order valence-corrected chi connectivity index (χ1v) is 13.6. The number of hydrogen-bond acceptors (Lipinski definition) is 6. The molecule has 1 aliphatic heterocycles. The van der Waals surface area contributed by atoms with Crippen LogP contribution in [0.5, 0.6) is 0 Å². The van der Waals surface area contributed by atoms with E-state index in [0.717, 1.165) is 0 Å². The van der Waals surface area contributed by atoms with Gasteiger partial charge in [0.1, 0.15) is 22.9 Å². The van der Waals surface area contributed by atoms with Gasteiger partial charge >= 0.3 is 0 Å². The first-order valence-electron chi connectivity index (χ1n) is 13.6. The third-order valence-electron chi connectivity index (χ3n) is 7.11. The van der Waals surface area contributed by atoms with E-state index in [2.05, 4.69) is 15.4 Å². The molecule has 0 unspecified atom stereocenters. The van der Waals surface area contributed by atoms with E-state index in [1.54, 1.807) is 35.9 Å². The Bertz CT molecular complexity index is 1780. The van der Waals surface area contributed by atoms with Crippen molar-refractivity contribution >= 4 is 23.3 Å². The average molecular weight is 571 g/mol. The molecule has 216 valence electrons. The monoisotopic (exact) mass is 570 g/mol. The number of benzene rings is 2. The summed E-state index contributed by atoms with van der Waals surface area (Å²) in [6.45, 7) is 5.46. The second-order valence-electron chi connectivity index (χ2n) is 9.80. The van der Waals surface area contributed by atoms with Crippen molar-refractivity contribution in [2.45, 2.75) is 32.9 Å². The van der Waals surface area contributed by atoms with Gasteiger partial charge in [-0.25, -0.2) is 18.6 Å². The molecule has 3 aromatic heterocycles. The number of imidazole rings is 1. The van der Waals surface area contributed by atoms with Crippen molar-refractivity contribution in [3.05, 3.63) is 112 Å². The molecule has 2 aromatic carbocycles. The molecule has 1 fully saturated rings. The number of halogens is 1. The molecular weight excluding hydrogens is 539 g/mol. The lowest BCUT2D eigenvalue weighted by Crippen LogP contribution is -2.39. The molecule has 1 saturated heterocycles. The summed E-state index contributed by atoms with van der Waals surface area (Å²) < 4.78 is 16.7. The van der Waals surface area contributed by atoms with Crippen LogP contribution >= 0.6 is 0 Å². The summed E-state index contributed by atoms with van der Waals surface area (Å²) in [6, 6.07) is 20.7. The molecule has 0 bridgehead atoms. The number of nitrogens with one attached hydrogen (secondary N) is 1. The number of aromatic nitrogens is 5. The maximum Gasteiger partial charge on any atom is 0.284 e. The van der Waals surface area contributed by atoms with E-state index >= 15 is 0 Å². The Hall–Kier alpha value is -5.26. The Balaban J connectivity index is 0.000000442. The normalized spacial score (nSPS) is 14.5. The molecule has 5 aromatic rings. The Labute approximate surface area is 241 Å². The summed E-state index contributed by atoms with van der Waals surface area (Å²) in [5, 5.41) is 7.53. The van der Waals surface area contributed by atoms with Gasteiger partial charge in [0, 0.05) is 25.7 Å². The number of hydrogen-bond donors (Lipinski definition) is 2. The van der Waals surface area contributed by atoms with Crippen molar-refractivity contribution in [2.24, 2.45) is 5.73 Å². The van der Waals surface area contributed by atoms with Gasteiger partial charge in [-0.05, 0) is 56.7 Å². The number of carbonyl (C=O) groups is 2. The van der Waals surface area contributed by atoms with Crippen molar-refractivity contribution in [3.8, 4) is 5.69 Å². The van der Waals surface area contributed by atoms with Crippen LogP contribution in [0.25, 0.3) is 11.3 Å². The number of para-hydroxylation sites is 1. The lowest BCUT2D eigenvalue weighted by Gasteiger charge is -2.18. The minimum atomic E-state index is -0.607. The highest BCUT2D eigenvalue weighted by Crippen LogP contribution is 2.20. The number of fused-ring (bicyclic) bond motifs is 1. The van der Waals surface area contributed by atoms with Gasteiger partial charge in [0.05, 0.1) is 17.6 Å². The number of nitrogens with zero attached hydrogens (tertiary/aromatic N) is 6. The standard InChI is InChI=1S/C24H26N8O3.C6H5F/c1-3-30-15(2)21(24(35)32(30)17-7-5-4-6-8-17)23(34)27-16-11-12-29(14-16)20-10-9-19-26-13-18(22(25)33)31(19)28-20;7-6-4-2-1-3-5-6/h4-10,13,16H,3,11-12,14H2,1-2H3,(H2,25,33)(H,27,34);1-5H/t16-;/m0./s1. The van der Waals surface area contributed by atoms with Crippen LogP contribution < -0.4 is 21.5 Å². The smallest absolute Gasteiger partial charge is 0.284 e. The third-order valence-corrected chi connectivity index (χ3v) is 7.11. The lowest BCUT2D eigenvalue weighted by molar-refractivity contribution is 0.0937. The molecule has 4 heterocycles.